The molecule has 0 amide bonds. The molecule has 0 radical (unpaired) electrons. The molecule has 0 fully saturated rings. The summed E-state index contributed by atoms with van der Waals surface area (Å²) in [4.78, 5) is 0. The van der Waals surface area contributed by atoms with E-state index < -0.39 is 0 Å². The molecule has 1 aromatic carbocycles. The van der Waals surface area contributed by atoms with Gasteiger partial charge >= 0.3 is 0 Å². The van der Waals surface area contributed by atoms with Gasteiger partial charge in [-0.15, -0.1) is 0 Å². The van der Waals surface area contributed by atoms with Gasteiger partial charge < -0.3 is 10.4 Å². The summed E-state index contributed by atoms with van der Waals surface area (Å²) in [6.07, 6.45) is 0. The first-order valence-corrected chi connectivity index (χ1v) is 3.79. The van der Waals surface area contributed by atoms with E-state index in [-0.39, 0.29) is 44.3 Å². The molecule has 0 spiro atoms. The Hall–Kier alpha value is 0.400. The Bertz CT molecular complexity index is 191. The molecule has 3 heteroatoms. The van der Waals surface area contributed by atoms with Crippen molar-refractivity contribution in [2.75, 3.05) is 13.2 Å². The maximum atomic E-state index is 8.48. The Balaban J connectivity index is 0.00000121. The van der Waals surface area contributed by atoms with Crippen LogP contribution in [0.5, 0.6) is 0 Å². The summed E-state index contributed by atoms with van der Waals surface area (Å²) in [5.74, 6) is 0. The summed E-state index contributed by atoms with van der Waals surface area (Å²) < 4.78 is 0. The molecule has 0 aromatic heterocycles. The van der Waals surface area contributed by atoms with Crippen molar-refractivity contribution in [1.29, 1.82) is 0 Å². The maximum absolute atomic E-state index is 8.48. The molecule has 68 valence electrons. The van der Waals surface area contributed by atoms with E-state index >= 15 is 0 Å². The van der Waals surface area contributed by atoms with Gasteiger partial charge in [-0.2, -0.15) is 0 Å². The van der Waals surface area contributed by atoms with E-state index in [1.807, 2.05) is 18.2 Å². The molecular formula is C9H13ArNO. The second-order valence-electron chi connectivity index (χ2n) is 2.39. The number of hydrogen-bond donors (Lipinski definition) is 2. The zero-order valence-electron chi connectivity index (χ0n) is 6.81. The van der Waals surface area contributed by atoms with Crippen LogP contribution in [-0.4, -0.2) is 18.3 Å². The van der Waals surface area contributed by atoms with Crippen molar-refractivity contribution in [2.24, 2.45) is 0 Å². The number of nitrogens with one attached hydrogen (secondary N) is 1. The number of aliphatic hydroxyl groups excluding tert-OH is 1. The summed E-state index contributed by atoms with van der Waals surface area (Å²) in [5.41, 5.74) is 1.25. The Morgan fingerprint density at radius 2 is 1.83 bits per heavy atom. The fraction of sp³-hybridized carbons (Fsp3) is 0.333. The largest absolute Gasteiger partial charge is 0.395 e. The molecule has 0 unspecified atom stereocenters. The molecule has 0 saturated carbocycles. The minimum atomic E-state index is 0. The van der Waals surface area contributed by atoms with Crippen molar-refractivity contribution in [3.63, 3.8) is 0 Å². The minimum absolute atomic E-state index is 0. The first-order valence-electron chi connectivity index (χ1n) is 3.79. The summed E-state index contributed by atoms with van der Waals surface area (Å²) in [7, 11) is 0. The molecule has 0 aliphatic rings. The van der Waals surface area contributed by atoms with E-state index in [1.165, 1.54) is 5.56 Å². The van der Waals surface area contributed by atoms with Crippen molar-refractivity contribution in [1.82, 2.24) is 5.32 Å². The number of aliphatic hydroxyl groups is 1. The second-order valence-corrected chi connectivity index (χ2v) is 2.39. The Morgan fingerprint density at radius 3 is 2.42 bits per heavy atom. The zero-order valence-corrected chi connectivity index (χ0v) is 7.52. The van der Waals surface area contributed by atoms with E-state index in [0.717, 1.165) is 6.54 Å². The van der Waals surface area contributed by atoms with Gasteiger partial charge in [0.2, 0.25) is 0 Å². The third-order valence-electron chi connectivity index (χ3n) is 1.46. The van der Waals surface area contributed by atoms with E-state index in [9.17, 15) is 0 Å². The van der Waals surface area contributed by atoms with Crippen molar-refractivity contribution in [3.05, 3.63) is 35.9 Å². The van der Waals surface area contributed by atoms with Gasteiger partial charge in [0, 0.05) is 50.8 Å². The number of hydrogen-bond acceptors (Lipinski definition) is 2. The SMILES string of the molecule is OCCNCc1ccccc1.[Ar]. The van der Waals surface area contributed by atoms with E-state index in [0.29, 0.717) is 6.54 Å². The topological polar surface area (TPSA) is 32.3 Å². The van der Waals surface area contributed by atoms with Crippen LogP contribution >= 0.6 is 0 Å². The van der Waals surface area contributed by atoms with Gasteiger partial charge in [0.05, 0.1) is 6.61 Å². The molecule has 0 aliphatic heterocycles. The van der Waals surface area contributed by atoms with Crippen LogP contribution in [-0.2, 0) is 6.54 Å². The summed E-state index contributed by atoms with van der Waals surface area (Å²) >= 11 is 0. The van der Waals surface area contributed by atoms with Gasteiger partial charge in [0.25, 0.3) is 0 Å². The first-order chi connectivity index (χ1) is 5.43. The summed E-state index contributed by atoms with van der Waals surface area (Å²) in [6.45, 7) is 1.70. The van der Waals surface area contributed by atoms with Gasteiger partial charge in [-0.3, -0.25) is 0 Å². The Morgan fingerprint density at radius 1 is 1.17 bits per heavy atom. The fourth-order valence-corrected chi connectivity index (χ4v) is 0.908. The quantitative estimate of drug-likeness (QED) is 0.689. The van der Waals surface area contributed by atoms with Crippen LogP contribution < -0.4 is 5.32 Å². The predicted octanol–water partition coefficient (Wildman–Crippen LogP) is 0.768. The van der Waals surface area contributed by atoms with Crippen LogP contribution in [0.3, 0.4) is 0 Å². The van der Waals surface area contributed by atoms with Crippen molar-refractivity contribution < 1.29 is 42.8 Å². The summed E-state index contributed by atoms with van der Waals surface area (Å²) in [5, 5.41) is 11.6. The number of benzene rings is 1. The van der Waals surface area contributed by atoms with Gasteiger partial charge in [-0.25, -0.2) is 0 Å². The minimum Gasteiger partial charge on any atom is -0.395 e. The fourth-order valence-electron chi connectivity index (χ4n) is 0.908. The third kappa shape index (κ3) is 5.12. The van der Waals surface area contributed by atoms with Crippen molar-refractivity contribution >= 4 is 0 Å². The molecular weight excluding hydrogens is 178 g/mol. The van der Waals surface area contributed by atoms with Crippen LogP contribution in [0.4, 0.5) is 0 Å². The smallest absolute Gasteiger partial charge is 0.0556 e. The van der Waals surface area contributed by atoms with Crippen LogP contribution in [0.25, 0.3) is 0 Å². The average Bonchev–Trinajstić information content (AvgIpc) is 2.07. The molecule has 0 atom stereocenters. The zero-order chi connectivity index (χ0) is 7.94. The molecule has 2 N–H and O–H groups in total. The molecule has 0 saturated heterocycles. The van der Waals surface area contributed by atoms with Crippen LogP contribution in [0.15, 0.2) is 30.3 Å². The van der Waals surface area contributed by atoms with Gasteiger partial charge in [0.15, 0.2) is 0 Å². The average molecular weight is 191 g/mol. The Kier molecular flexibility index (Phi) is 8.29. The normalized spacial score (nSPS) is 9.08. The van der Waals surface area contributed by atoms with Crippen molar-refractivity contribution in [3.8, 4) is 0 Å². The molecule has 12 heavy (non-hydrogen) atoms. The molecule has 2 nitrogen and oxygen atoms in total. The predicted molar refractivity (Wildman–Crippen MR) is 45.2 cm³/mol. The van der Waals surface area contributed by atoms with Crippen LogP contribution in [0.2, 0.25) is 0 Å². The molecule has 1 rings (SSSR count). The van der Waals surface area contributed by atoms with E-state index in [4.69, 9.17) is 5.11 Å². The molecule has 0 heterocycles. The van der Waals surface area contributed by atoms with Crippen LogP contribution in [0.1, 0.15) is 5.56 Å². The maximum Gasteiger partial charge on any atom is 0.0556 e. The van der Waals surface area contributed by atoms with Crippen LogP contribution in [0, 0.1) is 37.7 Å². The monoisotopic (exact) mass is 191 g/mol. The van der Waals surface area contributed by atoms with E-state index in [1.54, 1.807) is 0 Å². The van der Waals surface area contributed by atoms with Gasteiger partial charge in [-0.05, 0) is 5.56 Å². The second kappa shape index (κ2) is 8.02. The molecule has 0 bridgehead atoms. The standard InChI is InChI=1S/C9H13NO.Ar/c11-7-6-10-8-9-4-2-1-3-5-9;/h1-5,10-11H,6-8H2;. The Labute approximate surface area is 103 Å². The van der Waals surface area contributed by atoms with E-state index in [2.05, 4.69) is 17.4 Å². The van der Waals surface area contributed by atoms with Crippen molar-refractivity contribution in [2.45, 2.75) is 6.54 Å². The first kappa shape index (κ1) is 12.4. The third-order valence-corrected chi connectivity index (χ3v) is 1.46. The summed E-state index contributed by atoms with van der Waals surface area (Å²) in [6, 6.07) is 10.1. The van der Waals surface area contributed by atoms with Gasteiger partial charge in [-0.1, -0.05) is 30.3 Å². The van der Waals surface area contributed by atoms with Gasteiger partial charge in [0.1, 0.15) is 0 Å². The number of rotatable bonds is 4. The molecule has 0 aliphatic carbocycles. The molecule has 1 aromatic rings.